The number of ether oxygens (including phenoxy) is 2. The van der Waals surface area contributed by atoms with E-state index >= 15 is 0 Å². The predicted molar refractivity (Wildman–Crippen MR) is 124 cm³/mol. The summed E-state index contributed by atoms with van der Waals surface area (Å²) in [5.74, 6) is 0. The van der Waals surface area contributed by atoms with Crippen molar-refractivity contribution in [1.29, 1.82) is 0 Å². The molecule has 0 unspecified atom stereocenters. The maximum atomic E-state index is 8.32. The lowest BCUT2D eigenvalue weighted by Crippen LogP contribution is -2.22. The topological polar surface area (TPSA) is 111 Å². The van der Waals surface area contributed by atoms with E-state index in [4.69, 9.17) is 25.8 Å². The summed E-state index contributed by atoms with van der Waals surface area (Å²) < 4.78 is 13.7. The third-order valence-corrected chi connectivity index (χ3v) is 6.49. The highest BCUT2D eigenvalue weighted by Crippen LogP contribution is 2.29. The van der Waals surface area contributed by atoms with Crippen molar-refractivity contribution >= 4 is 13.8 Å². The summed E-state index contributed by atoms with van der Waals surface area (Å²) in [6.07, 6.45) is 1.66. The van der Waals surface area contributed by atoms with Gasteiger partial charge in [-0.25, -0.2) is 4.68 Å². The number of rotatable bonds is 13. The first-order chi connectivity index (χ1) is 14.3. The number of nitrogens with two attached hydrogens (primary N) is 1. The van der Waals surface area contributed by atoms with Crippen molar-refractivity contribution in [3.63, 3.8) is 0 Å². The molecule has 8 nitrogen and oxygen atoms in total. The molecule has 2 aromatic rings. The number of azide groups is 1. The van der Waals surface area contributed by atoms with Gasteiger partial charge in [-0.3, -0.25) is 0 Å². The number of unbranched alkanes of at least 4 members (excludes halogenated alkanes) is 1. The van der Waals surface area contributed by atoms with Crippen LogP contribution in [0.25, 0.3) is 21.6 Å². The average molecular weight is 431 g/mol. The summed E-state index contributed by atoms with van der Waals surface area (Å²) in [5, 5.41) is 8.31. The molecule has 9 heteroatoms. The Labute approximate surface area is 180 Å². The number of hydrogen-bond acceptors (Lipinski definition) is 5. The standard InChI is InChI=1S/C21H34N6O2Si/c1-17-21(18-7-9-19(22)10-8-18)20(15-28-12-6-5-11-24-26-23)25-27(17)16-29-13-14-30(2,3)4/h7-10H,5-6,11-16,22H2,1-4H3. The Morgan fingerprint density at radius 3 is 2.53 bits per heavy atom. The van der Waals surface area contributed by atoms with E-state index in [0.717, 1.165) is 53.7 Å². The Morgan fingerprint density at radius 1 is 1.13 bits per heavy atom. The van der Waals surface area contributed by atoms with Crippen molar-refractivity contribution in [1.82, 2.24) is 9.78 Å². The van der Waals surface area contributed by atoms with Gasteiger partial charge in [-0.15, -0.1) is 0 Å². The number of nitrogen functional groups attached to an aromatic ring is 1. The molecule has 1 aromatic carbocycles. The average Bonchev–Trinajstić information content (AvgIpc) is 3.00. The summed E-state index contributed by atoms with van der Waals surface area (Å²) in [7, 11) is -1.12. The Kier molecular flexibility index (Phi) is 9.39. The molecule has 0 saturated carbocycles. The van der Waals surface area contributed by atoms with E-state index in [2.05, 4.69) is 36.6 Å². The van der Waals surface area contributed by atoms with E-state index in [1.54, 1.807) is 0 Å². The number of anilines is 1. The minimum Gasteiger partial charge on any atom is -0.399 e. The van der Waals surface area contributed by atoms with Gasteiger partial charge in [0.05, 0.1) is 12.3 Å². The lowest BCUT2D eigenvalue weighted by molar-refractivity contribution is 0.0748. The van der Waals surface area contributed by atoms with Gasteiger partial charge in [0, 0.05) is 49.7 Å². The van der Waals surface area contributed by atoms with E-state index in [1.165, 1.54) is 0 Å². The Balaban J connectivity index is 2.07. The quantitative estimate of drug-likeness (QED) is 0.115. The molecule has 0 aliphatic rings. The molecule has 0 aliphatic heterocycles. The van der Waals surface area contributed by atoms with Crippen LogP contribution in [-0.4, -0.2) is 37.6 Å². The van der Waals surface area contributed by atoms with Crippen LogP contribution in [0.3, 0.4) is 0 Å². The summed E-state index contributed by atoms with van der Waals surface area (Å²) in [6, 6.07) is 8.95. The van der Waals surface area contributed by atoms with Crippen molar-refractivity contribution in [2.75, 3.05) is 25.5 Å². The van der Waals surface area contributed by atoms with Gasteiger partial charge in [0.1, 0.15) is 6.73 Å². The van der Waals surface area contributed by atoms with Crippen LogP contribution in [0.4, 0.5) is 5.69 Å². The smallest absolute Gasteiger partial charge is 0.139 e. The molecular formula is C21H34N6O2Si. The largest absolute Gasteiger partial charge is 0.399 e. The van der Waals surface area contributed by atoms with Crippen molar-refractivity contribution in [2.24, 2.45) is 5.11 Å². The van der Waals surface area contributed by atoms with E-state index < -0.39 is 8.07 Å². The van der Waals surface area contributed by atoms with Crippen molar-refractivity contribution in [3.05, 3.63) is 46.1 Å². The molecule has 0 amide bonds. The zero-order valence-electron chi connectivity index (χ0n) is 18.6. The molecule has 164 valence electrons. The van der Waals surface area contributed by atoms with E-state index in [-0.39, 0.29) is 0 Å². The van der Waals surface area contributed by atoms with Gasteiger partial charge in [0.15, 0.2) is 0 Å². The lowest BCUT2D eigenvalue weighted by Gasteiger charge is -2.15. The third kappa shape index (κ3) is 7.83. The van der Waals surface area contributed by atoms with Crippen LogP contribution in [0.5, 0.6) is 0 Å². The molecule has 0 aliphatic carbocycles. The fraction of sp³-hybridized carbons (Fsp3) is 0.571. The zero-order valence-corrected chi connectivity index (χ0v) is 19.6. The van der Waals surface area contributed by atoms with Crippen LogP contribution >= 0.6 is 0 Å². The predicted octanol–water partition coefficient (Wildman–Crippen LogP) is 5.36. The lowest BCUT2D eigenvalue weighted by atomic mass is 10.0. The van der Waals surface area contributed by atoms with Gasteiger partial charge < -0.3 is 15.2 Å². The van der Waals surface area contributed by atoms with E-state index in [1.807, 2.05) is 28.9 Å². The second-order valence-electron chi connectivity index (χ2n) is 8.59. The van der Waals surface area contributed by atoms with Crippen LogP contribution in [-0.2, 0) is 22.8 Å². The molecule has 30 heavy (non-hydrogen) atoms. The first kappa shape index (κ1) is 24.0. The summed E-state index contributed by atoms with van der Waals surface area (Å²) in [5.41, 5.74) is 19.0. The number of hydrogen-bond donors (Lipinski definition) is 1. The van der Waals surface area contributed by atoms with Crippen LogP contribution in [0.15, 0.2) is 29.4 Å². The normalized spacial score (nSPS) is 11.5. The molecule has 0 saturated heterocycles. The monoisotopic (exact) mass is 430 g/mol. The second kappa shape index (κ2) is 11.8. The number of nitrogens with zero attached hydrogens (tertiary/aromatic N) is 5. The molecule has 1 aromatic heterocycles. The Morgan fingerprint density at radius 2 is 1.87 bits per heavy atom. The van der Waals surface area contributed by atoms with E-state index in [9.17, 15) is 0 Å². The minimum atomic E-state index is -1.12. The fourth-order valence-electron chi connectivity index (χ4n) is 2.99. The zero-order chi connectivity index (χ0) is 22.0. The Bertz CT molecular complexity index is 838. The van der Waals surface area contributed by atoms with Crippen molar-refractivity contribution < 1.29 is 9.47 Å². The van der Waals surface area contributed by atoms with Gasteiger partial charge in [0.25, 0.3) is 0 Å². The molecule has 0 radical (unpaired) electrons. The second-order valence-corrected chi connectivity index (χ2v) is 14.2. The van der Waals surface area contributed by atoms with Crippen LogP contribution in [0.1, 0.15) is 24.2 Å². The first-order valence-corrected chi connectivity index (χ1v) is 14.1. The van der Waals surface area contributed by atoms with E-state index in [0.29, 0.717) is 26.5 Å². The van der Waals surface area contributed by atoms with Gasteiger partial charge in [-0.2, -0.15) is 5.10 Å². The van der Waals surface area contributed by atoms with Gasteiger partial charge in [0.2, 0.25) is 0 Å². The summed E-state index contributed by atoms with van der Waals surface area (Å²) in [6.45, 7) is 11.8. The van der Waals surface area contributed by atoms with Crippen LogP contribution < -0.4 is 5.73 Å². The SMILES string of the molecule is Cc1c(-c2ccc(N)cc2)c(COCCCCN=[N+]=[N-])nn1COCC[Si](C)(C)C. The van der Waals surface area contributed by atoms with Crippen molar-refractivity contribution in [3.8, 4) is 11.1 Å². The first-order valence-electron chi connectivity index (χ1n) is 10.4. The fourth-order valence-corrected chi connectivity index (χ4v) is 3.75. The molecular weight excluding hydrogens is 396 g/mol. The summed E-state index contributed by atoms with van der Waals surface area (Å²) >= 11 is 0. The van der Waals surface area contributed by atoms with Crippen molar-refractivity contribution in [2.45, 2.75) is 58.8 Å². The Hall–Kier alpha value is -2.32. The van der Waals surface area contributed by atoms with Crippen LogP contribution in [0, 0.1) is 6.92 Å². The highest BCUT2D eigenvalue weighted by atomic mass is 28.3. The number of aromatic nitrogens is 2. The highest BCUT2D eigenvalue weighted by Gasteiger charge is 2.17. The molecule has 0 atom stereocenters. The molecule has 2 rings (SSSR count). The van der Waals surface area contributed by atoms with Crippen LogP contribution in [0.2, 0.25) is 25.7 Å². The molecule has 2 N–H and O–H groups in total. The third-order valence-electron chi connectivity index (χ3n) is 4.79. The molecule has 0 bridgehead atoms. The molecule has 1 heterocycles. The minimum absolute atomic E-state index is 0.421. The molecule has 0 spiro atoms. The maximum Gasteiger partial charge on any atom is 0.139 e. The van der Waals surface area contributed by atoms with Gasteiger partial charge in [-0.1, -0.05) is 36.9 Å². The molecule has 0 fully saturated rings. The van der Waals surface area contributed by atoms with Gasteiger partial charge in [-0.05, 0) is 49.0 Å². The highest BCUT2D eigenvalue weighted by molar-refractivity contribution is 6.76. The summed E-state index contributed by atoms with van der Waals surface area (Å²) in [4.78, 5) is 2.76. The maximum absolute atomic E-state index is 8.32. The van der Waals surface area contributed by atoms with Gasteiger partial charge >= 0.3 is 0 Å². The number of benzene rings is 1.